The van der Waals surface area contributed by atoms with Crippen LogP contribution in [0.3, 0.4) is 0 Å². The van der Waals surface area contributed by atoms with Gasteiger partial charge in [-0.05, 0) is 81.0 Å². The predicted octanol–water partition coefficient (Wildman–Crippen LogP) is 4.68. The lowest BCUT2D eigenvalue weighted by molar-refractivity contribution is -0.137. The Labute approximate surface area is 386 Å². The third-order valence-corrected chi connectivity index (χ3v) is 11.4. The van der Waals surface area contributed by atoms with Gasteiger partial charge in [0.2, 0.25) is 11.6 Å². The zero-order valence-corrected chi connectivity index (χ0v) is 37.4. The predicted molar refractivity (Wildman–Crippen MR) is 241 cm³/mol. The minimum atomic E-state index is -4.82. The molecule has 0 saturated carbocycles. The first-order chi connectivity index (χ1) is 32.0. The summed E-state index contributed by atoms with van der Waals surface area (Å²) in [6, 6.07) is 11.8. The van der Waals surface area contributed by atoms with Gasteiger partial charge in [0.1, 0.15) is 22.7 Å². The van der Waals surface area contributed by atoms with Crippen molar-refractivity contribution < 1.29 is 46.2 Å². The van der Waals surface area contributed by atoms with E-state index in [4.69, 9.17) is 42.4 Å². The summed E-state index contributed by atoms with van der Waals surface area (Å²) < 4.78 is 73.8. The quantitative estimate of drug-likeness (QED) is 0.0984. The number of ether oxygens (including phenoxy) is 3. The number of alkyl halides is 3. The highest BCUT2D eigenvalue weighted by molar-refractivity contribution is 7.81. The van der Waals surface area contributed by atoms with Gasteiger partial charge in [0.15, 0.2) is 16.6 Å². The lowest BCUT2D eigenvalue weighted by Crippen LogP contribution is -2.44. The number of morpholine rings is 1. The first-order valence-electron chi connectivity index (χ1n) is 20.7. The molecule has 18 nitrogen and oxygen atoms in total. The molecule has 3 aliphatic heterocycles. The van der Waals surface area contributed by atoms with Crippen molar-refractivity contribution >= 4 is 69.1 Å². The minimum Gasteiger partial charge on any atom is -0.491 e. The van der Waals surface area contributed by atoms with Gasteiger partial charge in [-0.15, -0.1) is 0 Å². The van der Waals surface area contributed by atoms with E-state index in [9.17, 15) is 31.9 Å². The van der Waals surface area contributed by atoms with E-state index < -0.39 is 46.4 Å². The molecule has 4 N–H and O–H groups in total. The Kier molecular flexibility index (Phi) is 14.0. The van der Waals surface area contributed by atoms with Crippen LogP contribution in [0, 0.1) is 17.1 Å². The smallest absolute Gasteiger partial charge is 0.417 e. The third kappa shape index (κ3) is 9.81. The highest BCUT2D eigenvalue weighted by Gasteiger charge is 2.51. The summed E-state index contributed by atoms with van der Waals surface area (Å²) in [6.07, 6.45) is -1.24. The topological polar surface area (TPSA) is 218 Å². The van der Waals surface area contributed by atoms with Crippen LogP contribution >= 0.6 is 12.2 Å². The molecule has 67 heavy (non-hydrogen) atoms. The number of aromatic nitrogens is 4. The molecule has 0 radical (unpaired) electrons. The maximum absolute atomic E-state index is 14.5. The summed E-state index contributed by atoms with van der Waals surface area (Å²) >= 11 is 5.38. The molecule has 2 aromatic heterocycles. The molecular weight excluding hydrogens is 901 g/mol. The summed E-state index contributed by atoms with van der Waals surface area (Å²) in [6.45, 7) is 9.26. The molecule has 0 unspecified atom stereocenters. The molecule has 0 bridgehead atoms. The molecule has 0 aliphatic carbocycles. The fraction of sp³-hybridized carbons (Fsp3) is 0.341. The van der Waals surface area contributed by atoms with Gasteiger partial charge in [0.25, 0.3) is 17.7 Å². The Hall–Kier alpha value is -7.29. The van der Waals surface area contributed by atoms with E-state index >= 15 is 0 Å². The SMILES string of the molecule is CNC(=O)c1ccc(N2C(=S)N(c3ccc(C#N)c(C(F)(F)F)c3)C(=O)C2(C)C)cc1F.COc1c(OCCCN2CCOCC2)ccc2c3n(c(=NC(=O)c4cnc(N)nc4)nc12)CCN3. The lowest BCUT2D eigenvalue weighted by Gasteiger charge is -2.29. The molecule has 5 aromatic rings. The summed E-state index contributed by atoms with van der Waals surface area (Å²) in [5, 5.41) is 15.3. The number of halogens is 4. The number of benzene rings is 3. The van der Waals surface area contributed by atoms with Crippen LogP contribution in [0.15, 0.2) is 65.9 Å². The van der Waals surface area contributed by atoms with Crippen molar-refractivity contribution in [3.05, 3.63) is 94.6 Å². The van der Waals surface area contributed by atoms with Crippen LogP contribution in [0.25, 0.3) is 10.9 Å². The lowest BCUT2D eigenvalue weighted by atomic mass is 10.0. The summed E-state index contributed by atoms with van der Waals surface area (Å²) in [5.41, 5.74) is 3.16. The van der Waals surface area contributed by atoms with E-state index in [1.54, 1.807) is 7.11 Å². The number of hydrogen-bond donors (Lipinski definition) is 3. The molecule has 2 saturated heterocycles. The molecule has 350 valence electrons. The molecule has 3 aromatic carbocycles. The molecule has 2 fully saturated rings. The summed E-state index contributed by atoms with van der Waals surface area (Å²) in [4.78, 5) is 58.9. The molecule has 23 heteroatoms. The molecule has 0 spiro atoms. The number of carbonyl (C=O) groups is 3. The Morgan fingerprint density at radius 2 is 1.79 bits per heavy atom. The molecule has 5 heterocycles. The van der Waals surface area contributed by atoms with Gasteiger partial charge in [-0.3, -0.25) is 28.8 Å². The minimum absolute atomic E-state index is 0.0899. The normalized spacial score (nSPS) is 16.0. The number of fused-ring (bicyclic) bond motifs is 3. The Morgan fingerprint density at radius 1 is 1.07 bits per heavy atom. The zero-order chi connectivity index (χ0) is 48.2. The average molecular weight is 945 g/mol. The van der Waals surface area contributed by atoms with Crippen LogP contribution in [0.2, 0.25) is 0 Å². The zero-order valence-electron chi connectivity index (χ0n) is 36.6. The molecule has 0 atom stereocenters. The van der Waals surface area contributed by atoms with E-state index in [1.807, 2.05) is 16.7 Å². The van der Waals surface area contributed by atoms with Crippen LogP contribution in [0.5, 0.6) is 11.5 Å². The van der Waals surface area contributed by atoms with Gasteiger partial charge >= 0.3 is 6.18 Å². The number of nitrogen functional groups attached to an aromatic ring is 1. The second kappa shape index (κ2) is 19.7. The van der Waals surface area contributed by atoms with Gasteiger partial charge in [-0.1, -0.05) is 0 Å². The van der Waals surface area contributed by atoms with Crippen molar-refractivity contribution in [2.45, 2.75) is 38.5 Å². The number of anilines is 4. The van der Waals surface area contributed by atoms with E-state index in [-0.39, 0.29) is 39.2 Å². The van der Waals surface area contributed by atoms with Crippen LogP contribution in [-0.2, 0) is 22.3 Å². The van der Waals surface area contributed by atoms with E-state index in [0.29, 0.717) is 42.8 Å². The number of nitriles is 1. The second-order valence-electron chi connectivity index (χ2n) is 15.6. The van der Waals surface area contributed by atoms with Gasteiger partial charge in [0, 0.05) is 63.2 Å². The van der Waals surface area contributed by atoms with Crippen molar-refractivity contribution in [1.29, 1.82) is 5.26 Å². The van der Waals surface area contributed by atoms with Gasteiger partial charge in [-0.25, -0.2) is 19.3 Å². The number of carbonyl (C=O) groups excluding carboxylic acids is 3. The second-order valence-corrected chi connectivity index (χ2v) is 16.0. The fourth-order valence-corrected chi connectivity index (χ4v) is 8.19. The number of thiocarbonyl (C=S) groups is 1. The standard InChI is InChI=1S/C23H28N8O4.C21H16F4N4O2S/c1-33-19-17(35-10-2-6-30-8-11-34-12-9-30)4-3-16-18(19)28-23(31-7-5-25-20(16)31)29-21(32)15-13-26-22(24)27-14-15;1-20(2)18(31)28(12-5-4-11(10-26)15(8-12)21(23,24)25)19(32)29(20)13-6-7-14(16(22)9-13)17(30)27-3/h3-4,13-14,25H,2,5-12H2,1H3,(H2,24,26,27);4-9H,1-3H3,(H,27,30). The first-order valence-corrected chi connectivity index (χ1v) is 21.2. The Morgan fingerprint density at radius 3 is 2.45 bits per heavy atom. The highest BCUT2D eigenvalue weighted by atomic mass is 32.1. The third-order valence-electron chi connectivity index (χ3n) is 11.0. The van der Waals surface area contributed by atoms with Crippen molar-refractivity contribution in [3.8, 4) is 17.6 Å². The van der Waals surface area contributed by atoms with Crippen molar-refractivity contribution in [2.75, 3.05) is 81.0 Å². The monoisotopic (exact) mass is 944 g/mol. The van der Waals surface area contributed by atoms with E-state index in [2.05, 4.69) is 30.5 Å². The van der Waals surface area contributed by atoms with Crippen molar-refractivity contribution in [1.82, 2.24) is 29.7 Å². The van der Waals surface area contributed by atoms with E-state index in [1.165, 1.54) is 62.5 Å². The number of rotatable bonds is 10. The molecule has 8 rings (SSSR count). The largest absolute Gasteiger partial charge is 0.491 e. The number of hydrogen-bond acceptors (Lipinski definition) is 14. The summed E-state index contributed by atoms with van der Waals surface area (Å²) in [7, 11) is 2.93. The number of nitrogens with one attached hydrogen (secondary N) is 2. The first kappa shape index (κ1) is 47.7. The number of nitrogens with zero attached hydrogens (tertiary/aromatic N) is 9. The van der Waals surface area contributed by atoms with Crippen LogP contribution < -0.4 is 41.3 Å². The van der Waals surface area contributed by atoms with Crippen molar-refractivity contribution in [2.24, 2.45) is 4.99 Å². The number of nitrogens with two attached hydrogens (primary N) is 1. The summed E-state index contributed by atoms with van der Waals surface area (Å²) in [5.74, 6) is -0.632. The van der Waals surface area contributed by atoms with Gasteiger partial charge < -0.3 is 35.5 Å². The Bertz CT molecular complexity index is 2860. The maximum atomic E-state index is 14.5. The highest BCUT2D eigenvalue weighted by Crippen LogP contribution is 2.40. The van der Waals surface area contributed by atoms with Gasteiger partial charge in [-0.2, -0.15) is 23.4 Å². The fourth-order valence-electron chi connectivity index (χ4n) is 7.67. The average Bonchev–Trinajstić information content (AvgIpc) is 3.87. The van der Waals surface area contributed by atoms with Crippen LogP contribution in [-0.4, -0.2) is 113 Å². The van der Waals surface area contributed by atoms with Gasteiger partial charge in [0.05, 0.1) is 60.9 Å². The molecule has 3 amide bonds. The Balaban J connectivity index is 0.000000200. The van der Waals surface area contributed by atoms with Crippen LogP contribution in [0.1, 0.15) is 52.1 Å². The number of methoxy groups -OCH3 is 1. The molecule has 3 aliphatic rings. The maximum Gasteiger partial charge on any atom is 0.417 e. The van der Waals surface area contributed by atoms with E-state index in [0.717, 1.165) is 67.5 Å². The van der Waals surface area contributed by atoms with Crippen LogP contribution in [0.4, 0.5) is 40.7 Å². The van der Waals surface area contributed by atoms with Crippen molar-refractivity contribution in [3.63, 3.8) is 0 Å². The number of amides is 3. The molecular formula is C44H44F4N12O6S.